The highest BCUT2D eigenvalue weighted by molar-refractivity contribution is 6.13. The average molecular weight is 332 g/mol. The highest BCUT2D eigenvalue weighted by Gasteiger charge is 2.22. The molecule has 1 heterocycles. The Balaban J connectivity index is 2.08. The monoisotopic (exact) mass is 332 g/mol. The number of carbonyl (C=O) groups is 2. The molecule has 0 aliphatic carbocycles. The van der Waals surface area contributed by atoms with Crippen molar-refractivity contribution in [2.75, 3.05) is 6.61 Å². The van der Waals surface area contributed by atoms with E-state index >= 15 is 0 Å². The smallest absolute Gasteiger partial charge is 0.357 e. The van der Waals surface area contributed by atoms with Gasteiger partial charge in [0.25, 0.3) is 0 Å². The van der Waals surface area contributed by atoms with Crippen LogP contribution in [0.15, 0.2) is 66.9 Å². The summed E-state index contributed by atoms with van der Waals surface area (Å²) in [6, 6.07) is 18.0. The van der Waals surface area contributed by atoms with Gasteiger partial charge < -0.3 is 4.74 Å². The number of rotatable bonds is 5. The van der Waals surface area contributed by atoms with E-state index < -0.39 is 5.97 Å². The Hall–Kier alpha value is -3.34. The largest absolute Gasteiger partial charge is 0.461 e. The van der Waals surface area contributed by atoms with Crippen molar-refractivity contribution in [2.24, 2.45) is 0 Å². The summed E-state index contributed by atoms with van der Waals surface area (Å²) >= 11 is 0. The van der Waals surface area contributed by atoms with Crippen LogP contribution in [0, 0.1) is 0 Å². The molecule has 0 bridgehead atoms. The molecule has 0 unspecified atom stereocenters. The molecule has 0 amide bonds. The molecule has 2 aromatic carbocycles. The Kier molecular flexibility index (Phi) is 4.95. The summed E-state index contributed by atoms with van der Waals surface area (Å²) in [4.78, 5) is 33.6. The molecule has 5 heteroatoms. The second-order valence-electron chi connectivity index (χ2n) is 5.24. The third-order valence-corrected chi connectivity index (χ3v) is 3.57. The van der Waals surface area contributed by atoms with E-state index in [2.05, 4.69) is 9.97 Å². The zero-order valence-corrected chi connectivity index (χ0v) is 13.7. The number of nitrogens with zero attached hydrogens (tertiary/aromatic N) is 2. The summed E-state index contributed by atoms with van der Waals surface area (Å²) in [5.41, 5.74) is 1.32. The molecule has 5 nitrogen and oxygen atoms in total. The first kappa shape index (κ1) is 16.5. The minimum absolute atomic E-state index is 0.0236. The van der Waals surface area contributed by atoms with E-state index in [0.717, 1.165) is 5.56 Å². The van der Waals surface area contributed by atoms with Gasteiger partial charge in [0, 0.05) is 17.3 Å². The van der Waals surface area contributed by atoms with Crippen LogP contribution in [0.4, 0.5) is 0 Å². The molecule has 124 valence electrons. The third kappa shape index (κ3) is 3.61. The predicted octanol–water partition coefficient (Wildman–Crippen LogP) is 3.55. The molecule has 3 rings (SSSR count). The van der Waals surface area contributed by atoms with Gasteiger partial charge in [0.15, 0.2) is 17.3 Å². The lowest BCUT2D eigenvalue weighted by Crippen LogP contribution is -2.16. The van der Waals surface area contributed by atoms with Crippen LogP contribution >= 0.6 is 0 Å². The van der Waals surface area contributed by atoms with E-state index in [1.807, 2.05) is 36.4 Å². The van der Waals surface area contributed by atoms with E-state index in [4.69, 9.17) is 4.74 Å². The molecule has 0 aliphatic rings. The summed E-state index contributed by atoms with van der Waals surface area (Å²) < 4.78 is 5.06. The number of hydrogen-bond acceptors (Lipinski definition) is 5. The van der Waals surface area contributed by atoms with Crippen molar-refractivity contribution in [3.8, 4) is 11.4 Å². The van der Waals surface area contributed by atoms with Gasteiger partial charge in [-0.1, -0.05) is 60.7 Å². The first-order valence-electron chi connectivity index (χ1n) is 7.90. The summed E-state index contributed by atoms with van der Waals surface area (Å²) in [5.74, 6) is -0.585. The van der Waals surface area contributed by atoms with Crippen LogP contribution in [0.1, 0.15) is 33.3 Å². The van der Waals surface area contributed by atoms with Gasteiger partial charge >= 0.3 is 5.97 Å². The van der Waals surface area contributed by atoms with Gasteiger partial charge in [0.2, 0.25) is 0 Å². The number of aromatic nitrogens is 2. The molecule has 0 fully saturated rings. The normalized spacial score (nSPS) is 10.3. The lowest BCUT2D eigenvalue weighted by Gasteiger charge is -2.09. The van der Waals surface area contributed by atoms with E-state index in [9.17, 15) is 9.59 Å². The fourth-order valence-electron chi connectivity index (χ4n) is 2.37. The van der Waals surface area contributed by atoms with Crippen molar-refractivity contribution in [2.45, 2.75) is 6.92 Å². The summed E-state index contributed by atoms with van der Waals surface area (Å²) in [6.07, 6.45) is 1.39. The second-order valence-corrected chi connectivity index (χ2v) is 5.24. The molecular weight excluding hydrogens is 316 g/mol. The van der Waals surface area contributed by atoms with Crippen molar-refractivity contribution in [1.29, 1.82) is 0 Å². The Morgan fingerprint density at radius 1 is 0.960 bits per heavy atom. The van der Waals surface area contributed by atoms with Crippen LogP contribution in [0.25, 0.3) is 11.4 Å². The molecule has 0 aliphatic heterocycles. The molecule has 0 spiro atoms. The van der Waals surface area contributed by atoms with Crippen molar-refractivity contribution in [3.63, 3.8) is 0 Å². The Morgan fingerprint density at radius 3 is 2.24 bits per heavy atom. The fraction of sp³-hybridized carbons (Fsp3) is 0.100. The Morgan fingerprint density at radius 2 is 1.60 bits per heavy atom. The molecular formula is C20H16N2O3. The second kappa shape index (κ2) is 7.49. The number of benzene rings is 2. The van der Waals surface area contributed by atoms with Gasteiger partial charge in [-0.25, -0.2) is 14.8 Å². The third-order valence-electron chi connectivity index (χ3n) is 3.57. The first-order chi connectivity index (χ1) is 12.2. The van der Waals surface area contributed by atoms with Crippen LogP contribution < -0.4 is 0 Å². The topological polar surface area (TPSA) is 69.2 Å². The zero-order valence-electron chi connectivity index (χ0n) is 13.7. The summed E-state index contributed by atoms with van der Waals surface area (Å²) in [7, 11) is 0. The zero-order chi connectivity index (χ0) is 17.6. The number of ketones is 1. The van der Waals surface area contributed by atoms with E-state index in [1.54, 1.807) is 31.2 Å². The fourth-order valence-corrected chi connectivity index (χ4v) is 2.37. The minimum atomic E-state index is -0.638. The van der Waals surface area contributed by atoms with Crippen LogP contribution in [-0.2, 0) is 4.74 Å². The number of esters is 1. The minimum Gasteiger partial charge on any atom is -0.461 e. The number of ether oxygens (including phenoxy) is 1. The quantitative estimate of drug-likeness (QED) is 0.528. The number of carbonyl (C=O) groups excluding carboxylic acids is 2. The van der Waals surface area contributed by atoms with Gasteiger partial charge in [0.05, 0.1) is 12.2 Å². The van der Waals surface area contributed by atoms with Crippen LogP contribution in [0.5, 0.6) is 0 Å². The lowest BCUT2D eigenvalue weighted by atomic mass is 10.0. The SMILES string of the molecule is CCOC(=O)c1nc(-c2ccccc2)ncc1C(=O)c1ccccc1. The lowest BCUT2D eigenvalue weighted by molar-refractivity contribution is 0.0516. The maximum atomic E-state index is 12.7. The molecule has 0 saturated heterocycles. The Bertz CT molecular complexity index is 893. The van der Waals surface area contributed by atoms with Crippen molar-refractivity contribution >= 4 is 11.8 Å². The van der Waals surface area contributed by atoms with Crippen molar-refractivity contribution in [1.82, 2.24) is 9.97 Å². The van der Waals surface area contributed by atoms with Gasteiger partial charge in [-0.2, -0.15) is 0 Å². The molecule has 3 aromatic rings. The summed E-state index contributed by atoms with van der Waals surface area (Å²) in [5, 5.41) is 0. The van der Waals surface area contributed by atoms with Gasteiger partial charge in [-0.3, -0.25) is 4.79 Å². The van der Waals surface area contributed by atoms with Crippen molar-refractivity contribution in [3.05, 3.63) is 83.7 Å². The van der Waals surface area contributed by atoms with Gasteiger partial charge in [-0.15, -0.1) is 0 Å². The highest BCUT2D eigenvalue weighted by atomic mass is 16.5. The highest BCUT2D eigenvalue weighted by Crippen LogP contribution is 2.19. The molecule has 0 atom stereocenters. The van der Waals surface area contributed by atoms with E-state index in [1.165, 1.54) is 6.20 Å². The van der Waals surface area contributed by atoms with Crippen LogP contribution in [0.2, 0.25) is 0 Å². The summed E-state index contributed by atoms with van der Waals surface area (Å²) in [6.45, 7) is 1.90. The maximum absolute atomic E-state index is 12.7. The molecule has 0 radical (unpaired) electrons. The number of hydrogen-bond donors (Lipinski definition) is 0. The predicted molar refractivity (Wildman–Crippen MR) is 93.3 cm³/mol. The van der Waals surface area contributed by atoms with Gasteiger partial charge in [0.1, 0.15) is 0 Å². The average Bonchev–Trinajstić information content (AvgIpc) is 2.68. The maximum Gasteiger partial charge on any atom is 0.357 e. The molecule has 25 heavy (non-hydrogen) atoms. The van der Waals surface area contributed by atoms with Crippen LogP contribution in [0.3, 0.4) is 0 Å². The van der Waals surface area contributed by atoms with Crippen molar-refractivity contribution < 1.29 is 14.3 Å². The standard InChI is InChI=1S/C20H16N2O3/c1-2-25-20(24)17-16(18(23)14-9-5-3-6-10-14)13-21-19(22-17)15-11-7-4-8-12-15/h3-13H,2H2,1H3. The van der Waals surface area contributed by atoms with E-state index in [-0.39, 0.29) is 23.6 Å². The molecule has 0 N–H and O–H groups in total. The molecule has 1 aromatic heterocycles. The molecule has 0 saturated carbocycles. The van der Waals surface area contributed by atoms with Crippen LogP contribution in [-0.4, -0.2) is 28.3 Å². The van der Waals surface area contributed by atoms with Gasteiger partial charge in [-0.05, 0) is 6.92 Å². The van der Waals surface area contributed by atoms with E-state index in [0.29, 0.717) is 11.4 Å². The first-order valence-corrected chi connectivity index (χ1v) is 7.90. The Labute approximate surface area is 145 Å².